The standard InChI is InChI=1S/C22H31F3N4O3/c1-16-12-28(15-21(2,3)32-16)14-20(31)29-10-8-27(9-11-29)13-19(30)26-18-7-5-4-6-17(18)22(23,24)25/h4-7,16H,8-15H2,1-3H3,(H,26,30). The number of para-hydroxylation sites is 1. The Morgan fingerprint density at radius 2 is 1.75 bits per heavy atom. The molecule has 2 fully saturated rings. The Kier molecular flexibility index (Phi) is 7.46. The van der Waals surface area contributed by atoms with E-state index in [4.69, 9.17) is 4.74 Å². The smallest absolute Gasteiger partial charge is 0.370 e. The van der Waals surface area contributed by atoms with Crippen molar-refractivity contribution in [2.45, 2.75) is 38.7 Å². The molecule has 10 heteroatoms. The molecule has 1 atom stereocenters. The molecule has 2 saturated heterocycles. The van der Waals surface area contributed by atoms with Gasteiger partial charge in [-0.25, -0.2) is 0 Å². The molecule has 2 heterocycles. The summed E-state index contributed by atoms with van der Waals surface area (Å²) < 4.78 is 45.2. The molecular weight excluding hydrogens is 425 g/mol. The van der Waals surface area contributed by atoms with Crippen LogP contribution >= 0.6 is 0 Å². The zero-order chi connectivity index (χ0) is 23.5. The number of halogens is 3. The number of amides is 2. The number of carbonyl (C=O) groups excluding carboxylic acids is 2. The number of piperazine rings is 1. The molecule has 2 aliphatic heterocycles. The predicted octanol–water partition coefficient (Wildman–Crippen LogP) is 2.29. The predicted molar refractivity (Wildman–Crippen MR) is 114 cm³/mol. The lowest BCUT2D eigenvalue weighted by atomic mass is 10.1. The van der Waals surface area contributed by atoms with Crippen LogP contribution in [0.5, 0.6) is 0 Å². The Morgan fingerprint density at radius 3 is 2.38 bits per heavy atom. The van der Waals surface area contributed by atoms with E-state index >= 15 is 0 Å². The van der Waals surface area contributed by atoms with Crippen LogP contribution < -0.4 is 5.32 Å². The van der Waals surface area contributed by atoms with Crippen molar-refractivity contribution in [1.82, 2.24) is 14.7 Å². The summed E-state index contributed by atoms with van der Waals surface area (Å²) in [4.78, 5) is 30.8. The number of morpholine rings is 1. The van der Waals surface area contributed by atoms with E-state index in [1.54, 1.807) is 4.90 Å². The number of hydrogen-bond acceptors (Lipinski definition) is 5. The molecule has 0 saturated carbocycles. The molecule has 3 rings (SSSR count). The third-order valence-electron chi connectivity index (χ3n) is 5.60. The van der Waals surface area contributed by atoms with E-state index in [1.807, 2.05) is 25.7 Å². The van der Waals surface area contributed by atoms with Gasteiger partial charge in [0.05, 0.1) is 36.0 Å². The molecular formula is C22H31F3N4O3. The summed E-state index contributed by atoms with van der Waals surface area (Å²) in [5.74, 6) is -0.468. The third-order valence-corrected chi connectivity index (χ3v) is 5.60. The fourth-order valence-corrected chi connectivity index (χ4v) is 4.39. The van der Waals surface area contributed by atoms with Crippen molar-refractivity contribution >= 4 is 17.5 Å². The summed E-state index contributed by atoms with van der Waals surface area (Å²) in [5.41, 5.74) is -1.42. The minimum Gasteiger partial charge on any atom is -0.370 e. The highest BCUT2D eigenvalue weighted by atomic mass is 19.4. The fraction of sp³-hybridized carbons (Fsp3) is 0.636. The van der Waals surface area contributed by atoms with Crippen LogP contribution in [0, 0.1) is 0 Å². The molecule has 0 aliphatic carbocycles. The van der Waals surface area contributed by atoms with Gasteiger partial charge >= 0.3 is 6.18 Å². The van der Waals surface area contributed by atoms with E-state index in [0.717, 1.165) is 6.07 Å². The van der Waals surface area contributed by atoms with E-state index in [-0.39, 0.29) is 29.8 Å². The van der Waals surface area contributed by atoms with Crippen LogP contribution in [0.15, 0.2) is 24.3 Å². The number of alkyl halides is 3. The zero-order valence-corrected chi connectivity index (χ0v) is 18.7. The lowest BCUT2D eigenvalue weighted by Crippen LogP contribution is -2.56. The second-order valence-corrected chi connectivity index (χ2v) is 9.11. The van der Waals surface area contributed by atoms with Crippen LogP contribution in [0.1, 0.15) is 26.3 Å². The molecule has 178 valence electrons. The van der Waals surface area contributed by atoms with Crippen LogP contribution in [0.25, 0.3) is 0 Å². The highest BCUT2D eigenvalue weighted by Gasteiger charge is 2.35. The summed E-state index contributed by atoms with van der Waals surface area (Å²) in [6.45, 7) is 9.65. The van der Waals surface area contributed by atoms with Gasteiger partial charge in [0.25, 0.3) is 0 Å². The van der Waals surface area contributed by atoms with Crippen molar-refractivity contribution in [3.8, 4) is 0 Å². The van der Waals surface area contributed by atoms with Crippen LogP contribution in [-0.2, 0) is 20.5 Å². The maximum Gasteiger partial charge on any atom is 0.418 e. The Morgan fingerprint density at radius 1 is 1.09 bits per heavy atom. The van der Waals surface area contributed by atoms with Gasteiger partial charge in [-0.15, -0.1) is 0 Å². The number of benzene rings is 1. The normalized spacial score (nSPS) is 22.6. The summed E-state index contributed by atoms with van der Waals surface area (Å²) in [6, 6.07) is 4.92. The number of hydrogen-bond donors (Lipinski definition) is 1. The molecule has 2 amide bonds. The number of ether oxygens (including phenoxy) is 1. The Balaban J connectivity index is 1.46. The monoisotopic (exact) mass is 456 g/mol. The van der Waals surface area contributed by atoms with Gasteiger partial charge in [0.15, 0.2) is 0 Å². The first-order valence-corrected chi connectivity index (χ1v) is 10.8. The van der Waals surface area contributed by atoms with Gasteiger partial charge in [-0.05, 0) is 32.9 Å². The molecule has 0 spiro atoms. The fourth-order valence-electron chi connectivity index (χ4n) is 4.39. The van der Waals surface area contributed by atoms with E-state index in [9.17, 15) is 22.8 Å². The van der Waals surface area contributed by atoms with E-state index in [1.165, 1.54) is 18.2 Å². The van der Waals surface area contributed by atoms with Crippen LogP contribution in [0.2, 0.25) is 0 Å². The van der Waals surface area contributed by atoms with E-state index < -0.39 is 17.6 Å². The van der Waals surface area contributed by atoms with E-state index in [2.05, 4.69) is 10.2 Å². The minimum atomic E-state index is -4.54. The molecule has 0 aromatic heterocycles. The highest BCUT2D eigenvalue weighted by Crippen LogP contribution is 2.34. The largest absolute Gasteiger partial charge is 0.418 e. The number of nitrogens with one attached hydrogen (secondary N) is 1. The first kappa shape index (κ1) is 24.5. The summed E-state index contributed by atoms with van der Waals surface area (Å²) in [7, 11) is 0. The average molecular weight is 457 g/mol. The molecule has 7 nitrogen and oxygen atoms in total. The van der Waals surface area contributed by atoms with Crippen LogP contribution in [-0.4, -0.2) is 90.6 Å². The van der Waals surface area contributed by atoms with E-state index in [0.29, 0.717) is 45.8 Å². The van der Waals surface area contributed by atoms with Gasteiger partial charge in [-0.3, -0.25) is 19.4 Å². The molecule has 1 N–H and O–H groups in total. The zero-order valence-electron chi connectivity index (χ0n) is 18.7. The van der Waals surface area contributed by atoms with Gasteiger partial charge in [-0.1, -0.05) is 12.1 Å². The number of rotatable bonds is 5. The molecule has 1 unspecified atom stereocenters. The van der Waals surface area contributed by atoms with Gasteiger partial charge in [0.1, 0.15) is 0 Å². The minimum absolute atomic E-state index is 0.0244. The molecule has 32 heavy (non-hydrogen) atoms. The third kappa shape index (κ3) is 6.66. The molecule has 2 aliphatic rings. The Hall–Kier alpha value is -2.17. The lowest BCUT2D eigenvalue weighted by molar-refractivity contribution is -0.146. The Bertz CT molecular complexity index is 823. The second-order valence-electron chi connectivity index (χ2n) is 9.11. The summed E-state index contributed by atoms with van der Waals surface area (Å²) in [5, 5.41) is 2.36. The lowest BCUT2D eigenvalue weighted by Gasteiger charge is -2.42. The van der Waals surface area contributed by atoms with Crippen LogP contribution in [0.4, 0.5) is 18.9 Å². The maximum atomic E-state index is 13.1. The Labute approximate surface area is 186 Å². The molecule has 1 aromatic carbocycles. The second kappa shape index (κ2) is 9.76. The number of carbonyl (C=O) groups is 2. The van der Waals surface area contributed by atoms with Gasteiger partial charge in [0.2, 0.25) is 11.8 Å². The molecule has 1 aromatic rings. The van der Waals surface area contributed by atoms with Crippen molar-refractivity contribution in [2.75, 3.05) is 57.7 Å². The first-order chi connectivity index (χ1) is 14.9. The first-order valence-electron chi connectivity index (χ1n) is 10.8. The van der Waals surface area contributed by atoms with Crippen molar-refractivity contribution in [3.05, 3.63) is 29.8 Å². The number of anilines is 1. The average Bonchev–Trinajstić information content (AvgIpc) is 2.66. The SMILES string of the molecule is CC1CN(CC(=O)N2CCN(CC(=O)Nc3ccccc3C(F)(F)F)CC2)CC(C)(C)O1. The van der Waals surface area contributed by atoms with Crippen molar-refractivity contribution in [2.24, 2.45) is 0 Å². The summed E-state index contributed by atoms with van der Waals surface area (Å²) >= 11 is 0. The van der Waals surface area contributed by atoms with Crippen molar-refractivity contribution in [1.29, 1.82) is 0 Å². The molecule has 0 bridgehead atoms. The maximum absolute atomic E-state index is 13.1. The van der Waals surface area contributed by atoms with Gasteiger partial charge in [-0.2, -0.15) is 13.2 Å². The summed E-state index contributed by atoms with van der Waals surface area (Å²) in [6.07, 6.45) is -4.48. The van der Waals surface area contributed by atoms with Gasteiger partial charge < -0.3 is 15.0 Å². The topological polar surface area (TPSA) is 65.1 Å². The van der Waals surface area contributed by atoms with Crippen molar-refractivity contribution in [3.63, 3.8) is 0 Å². The van der Waals surface area contributed by atoms with Crippen LogP contribution in [0.3, 0.4) is 0 Å². The number of nitrogens with zero attached hydrogens (tertiary/aromatic N) is 3. The molecule has 0 radical (unpaired) electrons. The quantitative estimate of drug-likeness (QED) is 0.737. The highest BCUT2D eigenvalue weighted by molar-refractivity contribution is 5.93. The van der Waals surface area contributed by atoms with Gasteiger partial charge in [0, 0.05) is 39.3 Å². The van der Waals surface area contributed by atoms with Crippen molar-refractivity contribution < 1.29 is 27.5 Å².